The maximum atomic E-state index is 12.8. The van der Waals surface area contributed by atoms with Crippen LogP contribution in [0.15, 0.2) is 24.3 Å². The fourth-order valence-corrected chi connectivity index (χ4v) is 2.04. The van der Waals surface area contributed by atoms with Gasteiger partial charge in [-0.15, -0.1) is 0 Å². The summed E-state index contributed by atoms with van der Waals surface area (Å²) in [5, 5.41) is 0. The lowest BCUT2D eigenvalue weighted by molar-refractivity contribution is -0.478. The van der Waals surface area contributed by atoms with Crippen LogP contribution >= 0.6 is 0 Å². The summed E-state index contributed by atoms with van der Waals surface area (Å²) in [6.45, 7) is 4.18. The molecule has 1 aromatic carbocycles. The number of rotatable bonds is 0. The van der Waals surface area contributed by atoms with Gasteiger partial charge in [0.25, 0.3) is 5.71 Å². The van der Waals surface area contributed by atoms with E-state index in [1.165, 1.54) is 6.07 Å². The molecule has 0 saturated heterocycles. The number of alkyl halides is 3. The molecule has 2 rings (SSSR count). The normalized spacial score (nSPS) is 15.7. The number of nitrogens with one attached hydrogen (secondary N) is 1. The molecule has 1 aromatic rings. The van der Waals surface area contributed by atoms with E-state index in [0.29, 0.717) is 6.54 Å². The van der Waals surface area contributed by atoms with Gasteiger partial charge in [0.05, 0.1) is 5.56 Å². The fraction of sp³-hybridized carbons (Fsp3) is 0.417. The van der Waals surface area contributed by atoms with Crippen molar-refractivity contribution in [2.45, 2.75) is 25.4 Å². The molecule has 0 radical (unpaired) electrons. The van der Waals surface area contributed by atoms with E-state index < -0.39 is 19.4 Å². The van der Waals surface area contributed by atoms with Crippen LogP contribution in [0, 0.1) is 0 Å². The van der Waals surface area contributed by atoms with Crippen molar-refractivity contribution in [2.75, 3.05) is 6.54 Å². The van der Waals surface area contributed by atoms with E-state index in [1.807, 2.05) is 13.8 Å². The first-order valence-electron chi connectivity index (χ1n) is 5.76. The van der Waals surface area contributed by atoms with Gasteiger partial charge in [-0.1, -0.05) is 18.2 Å². The Labute approximate surface area is 117 Å². The monoisotopic (exact) mass is 315 g/mol. The molecule has 0 aliphatic carbocycles. The lowest BCUT2D eigenvalue weighted by Crippen LogP contribution is -3.00. The van der Waals surface area contributed by atoms with Crippen molar-refractivity contribution < 1.29 is 35.8 Å². The van der Waals surface area contributed by atoms with Crippen molar-refractivity contribution in [3.63, 3.8) is 0 Å². The van der Waals surface area contributed by atoms with E-state index in [0.717, 1.165) is 5.56 Å². The highest BCUT2D eigenvalue weighted by molar-refractivity contribution is 6.33. The number of benzene rings is 1. The van der Waals surface area contributed by atoms with Gasteiger partial charge in [0.2, 0.25) is 0 Å². The summed E-state index contributed by atoms with van der Waals surface area (Å²) in [6, 6.07) is 6.70. The molecule has 0 aromatic heterocycles. The van der Waals surface area contributed by atoms with Gasteiger partial charge in [0.1, 0.15) is 0 Å². The highest BCUT2D eigenvalue weighted by Gasteiger charge is 2.47. The number of halogens is 7. The predicted molar refractivity (Wildman–Crippen MR) is 64.5 cm³/mol. The Hall–Kier alpha value is -1.54. The largest absolute Gasteiger partial charge is 1.00 e. The first-order chi connectivity index (χ1) is 9.05. The van der Waals surface area contributed by atoms with Crippen LogP contribution in [0.25, 0.3) is 0 Å². The molecule has 1 heterocycles. The van der Waals surface area contributed by atoms with Gasteiger partial charge >= 0.3 is 13.7 Å². The van der Waals surface area contributed by atoms with E-state index in [9.17, 15) is 26.1 Å². The number of hydrogen-bond donors (Lipinski definition) is 1. The number of fused-ring (bicyclic) bond motifs is 1. The molecule has 21 heavy (non-hydrogen) atoms. The zero-order valence-electron chi connectivity index (χ0n) is 11.2. The molecular weight excluding hydrogens is 302 g/mol. The van der Waals surface area contributed by atoms with E-state index in [4.69, 9.17) is 0 Å². The van der Waals surface area contributed by atoms with Crippen molar-refractivity contribution in [2.24, 2.45) is 0 Å². The second kappa shape index (κ2) is 6.95. The SMILES string of the molecule is CC1(C)C[NH+]=C(C(F)(F)F)c2ccccc21.FB(F)F.[F-]. The molecule has 0 unspecified atom stereocenters. The van der Waals surface area contributed by atoms with Crippen LogP contribution in [-0.2, 0) is 5.41 Å². The van der Waals surface area contributed by atoms with E-state index in [-0.39, 0.29) is 15.7 Å². The first-order valence-corrected chi connectivity index (χ1v) is 5.76. The van der Waals surface area contributed by atoms with Crippen LogP contribution < -0.4 is 9.70 Å². The van der Waals surface area contributed by atoms with Crippen molar-refractivity contribution in [3.8, 4) is 0 Å². The topological polar surface area (TPSA) is 14.0 Å². The van der Waals surface area contributed by atoms with Gasteiger partial charge < -0.3 is 4.70 Å². The third-order valence-electron chi connectivity index (χ3n) is 2.92. The van der Waals surface area contributed by atoms with Crippen LogP contribution in [0.2, 0.25) is 0 Å². The van der Waals surface area contributed by atoms with Crippen LogP contribution in [0.5, 0.6) is 0 Å². The Morgan fingerprint density at radius 2 is 1.57 bits per heavy atom. The molecule has 1 aliphatic rings. The Kier molecular flexibility index (Phi) is 6.44. The minimum Gasteiger partial charge on any atom is -1.00 e. The zero-order chi connectivity index (χ0) is 15.6. The summed E-state index contributed by atoms with van der Waals surface area (Å²) < 4.78 is 67.3. The molecule has 0 fully saturated rings. The smallest absolute Gasteiger partial charge is 0.762 e. The van der Waals surface area contributed by atoms with E-state index >= 15 is 0 Å². The van der Waals surface area contributed by atoms with Crippen molar-refractivity contribution in [1.82, 2.24) is 0 Å². The van der Waals surface area contributed by atoms with Gasteiger partial charge in [-0.05, 0) is 25.5 Å². The molecule has 0 saturated carbocycles. The van der Waals surface area contributed by atoms with Crippen molar-refractivity contribution >= 4 is 13.3 Å². The number of hydrogen-bond acceptors (Lipinski definition) is 0. The summed E-state index contributed by atoms with van der Waals surface area (Å²) in [7, 11) is -3.67. The second-order valence-corrected chi connectivity index (χ2v) is 4.90. The van der Waals surface area contributed by atoms with Crippen LogP contribution in [0.4, 0.5) is 26.1 Å². The molecule has 9 heteroatoms. The molecule has 118 valence electrons. The third-order valence-corrected chi connectivity index (χ3v) is 2.92. The summed E-state index contributed by atoms with van der Waals surface area (Å²) in [5.74, 6) is 0. The Morgan fingerprint density at radius 1 is 1.10 bits per heavy atom. The summed E-state index contributed by atoms with van der Waals surface area (Å²) in [5.41, 5.74) is 0.125. The standard InChI is InChI=1S/C12H12F3N.BF3.FH/c1-11(2)7-16-10(12(13,14)15)8-5-3-4-6-9(8)11;2-1(3)4;/h3-6H,7H2,1-2H3;;1H. The Morgan fingerprint density at radius 3 is 2.05 bits per heavy atom. The van der Waals surface area contributed by atoms with Crippen molar-refractivity contribution in [3.05, 3.63) is 35.4 Å². The van der Waals surface area contributed by atoms with E-state index in [1.54, 1.807) is 18.2 Å². The van der Waals surface area contributed by atoms with Crippen LogP contribution in [-0.4, -0.2) is 26.0 Å². The minimum atomic E-state index is -4.31. The molecular formula is C12H13BF7N. The molecule has 1 nitrogen and oxygen atoms in total. The summed E-state index contributed by atoms with van der Waals surface area (Å²) in [4.78, 5) is 2.50. The zero-order valence-corrected chi connectivity index (χ0v) is 11.2. The molecule has 1 aliphatic heterocycles. The Bertz CT molecular complexity index is 494. The van der Waals surface area contributed by atoms with Gasteiger partial charge in [-0.25, -0.2) is 4.99 Å². The fourth-order valence-electron chi connectivity index (χ4n) is 2.04. The van der Waals surface area contributed by atoms with Gasteiger partial charge in [-0.2, -0.15) is 13.2 Å². The third kappa shape index (κ3) is 5.06. The summed E-state index contributed by atoms with van der Waals surface area (Å²) in [6.07, 6.45) is -4.31. The minimum absolute atomic E-state index is 0. The summed E-state index contributed by atoms with van der Waals surface area (Å²) >= 11 is 0. The van der Waals surface area contributed by atoms with E-state index in [2.05, 4.69) is 4.99 Å². The quantitative estimate of drug-likeness (QED) is 0.481. The average Bonchev–Trinajstić information content (AvgIpc) is 2.26. The molecule has 0 bridgehead atoms. The maximum Gasteiger partial charge on any atom is 0.762 e. The average molecular weight is 315 g/mol. The molecule has 0 atom stereocenters. The van der Waals surface area contributed by atoms with Gasteiger partial charge in [0, 0.05) is 5.41 Å². The first kappa shape index (κ1) is 19.5. The van der Waals surface area contributed by atoms with Gasteiger partial charge in [-0.3, -0.25) is 12.9 Å². The van der Waals surface area contributed by atoms with Crippen LogP contribution in [0.1, 0.15) is 25.0 Å². The highest BCUT2D eigenvalue weighted by Crippen LogP contribution is 2.30. The van der Waals surface area contributed by atoms with Gasteiger partial charge in [0.15, 0.2) is 6.54 Å². The predicted octanol–water partition coefficient (Wildman–Crippen LogP) is -0.706. The lowest BCUT2D eigenvalue weighted by atomic mass is 9.78. The Balaban J connectivity index is 0.000000715. The highest BCUT2D eigenvalue weighted by atomic mass is 19.4. The molecule has 1 N–H and O–H groups in total. The maximum absolute atomic E-state index is 12.8. The molecule has 0 amide bonds. The van der Waals surface area contributed by atoms with Crippen molar-refractivity contribution in [1.29, 1.82) is 0 Å². The lowest BCUT2D eigenvalue weighted by Gasteiger charge is -2.27. The molecule has 0 spiro atoms. The van der Waals surface area contributed by atoms with Crippen LogP contribution in [0.3, 0.4) is 0 Å². The second-order valence-electron chi connectivity index (χ2n) is 4.90.